The van der Waals surface area contributed by atoms with Crippen LogP contribution in [0.25, 0.3) is 0 Å². The van der Waals surface area contributed by atoms with Crippen LogP contribution in [-0.2, 0) is 0 Å². The Morgan fingerprint density at radius 3 is 2.67 bits per heavy atom. The molecule has 0 radical (unpaired) electrons. The molecule has 0 aliphatic carbocycles. The topological polar surface area (TPSA) is 75.9 Å². The van der Waals surface area contributed by atoms with Crippen LogP contribution in [0.2, 0.25) is 0 Å². The number of nitrogens with zero attached hydrogens (tertiary/aromatic N) is 1. The molecule has 1 aromatic rings. The fourth-order valence-corrected chi connectivity index (χ4v) is 0.349. The average Bonchev–Trinajstić information content (AvgIpc) is 2.12. The molecule has 0 amide bonds. The Morgan fingerprint density at radius 1 is 1.78 bits per heavy atom. The molecule has 0 unspecified atom stereocenters. The van der Waals surface area contributed by atoms with Crippen LogP contribution in [0.5, 0.6) is 0 Å². The predicted molar refractivity (Wildman–Crippen MR) is 34.8 cm³/mol. The minimum atomic E-state index is -0.0949. The maximum atomic E-state index is 6.80. The highest BCUT2D eigenvalue weighted by Crippen LogP contribution is 1.91. The molecule has 0 spiro atoms. The van der Waals surface area contributed by atoms with Gasteiger partial charge >= 0.3 is 0 Å². The Balaban J connectivity index is 0.000000640. The molecule has 4 nitrogen and oxygen atoms in total. The third-order valence-corrected chi connectivity index (χ3v) is 0.698. The lowest BCUT2D eigenvalue weighted by Gasteiger charge is -1.83. The summed E-state index contributed by atoms with van der Waals surface area (Å²) in [7, 11) is 0. The molecule has 0 aromatic carbocycles. The van der Waals surface area contributed by atoms with E-state index >= 15 is 0 Å². The van der Waals surface area contributed by atoms with E-state index in [1.54, 1.807) is 0 Å². The molecule has 0 saturated heterocycles. The minimum Gasteiger partial charge on any atom is -0.440 e. The number of oxazole rings is 1. The van der Waals surface area contributed by atoms with E-state index in [9.17, 15) is 0 Å². The zero-order chi connectivity index (χ0) is 5.98. The lowest BCUT2D eigenvalue weighted by molar-refractivity contribution is 0.547. The van der Waals surface area contributed by atoms with E-state index in [0.717, 1.165) is 0 Å². The average molecular weight is 148 g/mol. The number of hydrogen-bond donors (Lipinski definition) is 2. The molecule has 0 fully saturated rings. The second kappa shape index (κ2) is 3.09. The van der Waals surface area contributed by atoms with Crippen LogP contribution in [0.1, 0.15) is 5.76 Å². The van der Waals surface area contributed by atoms with Crippen molar-refractivity contribution in [1.29, 1.82) is 5.41 Å². The fraction of sp³-hybridized carbons (Fsp3) is 0. The van der Waals surface area contributed by atoms with Crippen molar-refractivity contribution in [3.8, 4) is 0 Å². The van der Waals surface area contributed by atoms with Gasteiger partial charge in [0, 0.05) is 0 Å². The van der Waals surface area contributed by atoms with Crippen LogP contribution >= 0.6 is 12.4 Å². The van der Waals surface area contributed by atoms with E-state index in [4.69, 9.17) is 11.1 Å². The van der Waals surface area contributed by atoms with Crippen molar-refractivity contribution in [2.45, 2.75) is 0 Å². The van der Waals surface area contributed by atoms with E-state index in [0.29, 0.717) is 5.76 Å². The molecule has 1 aromatic heterocycles. The van der Waals surface area contributed by atoms with Gasteiger partial charge in [-0.15, -0.1) is 12.4 Å². The Kier molecular flexibility index (Phi) is 2.73. The monoisotopic (exact) mass is 147 g/mol. The zero-order valence-corrected chi connectivity index (χ0v) is 5.31. The van der Waals surface area contributed by atoms with Crippen LogP contribution in [0.4, 0.5) is 0 Å². The Hall–Kier alpha value is -1.03. The standard InChI is InChI=1S/C4H5N3O.ClH/c5-4(6)3-1-7-2-8-3;/h1-2H,(H3,5,6);1H. The normalized spacial score (nSPS) is 8.00. The molecule has 5 heteroatoms. The molecule has 0 aliphatic heterocycles. The van der Waals surface area contributed by atoms with Crippen LogP contribution in [0, 0.1) is 5.41 Å². The Labute approximate surface area is 58.0 Å². The molecule has 0 atom stereocenters. The summed E-state index contributed by atoms with van der Waals surface area (Å²) in [5, 5.41) is 6.80. The van der Waals surface area contributed by atoms with Gasteiger partial charge in [0.2, 0.25) is 0 Å². The van der Waals surface area contributed by atoms with Gasteiger partial charge in [0.1, 0.15) is 0 Å². The van der Waals surface area contributed by atoms with Crippen molar-refractivity contribution in [2.75, 3.05) is 0 Å². The van der Waals surface area contributed by atoms with Crippen molar-refractivity contribution >= 4 is 18.2 Å². The number of hydrogen-bond acceptors (Lipinski definition) is 3. The number of nitrogens with one attached hydrogen (secondary N) is 1. The Morgan fingerprint density at radius 2 is 2.44 bits per heavy atom. The smallest absolute Gasteiger partial charge is 0.188 e. The van der Waals surface area contributed by atoms with E-state index in [1.165, 1.54) is 12.6 Å². The SMILES string of the molecule is Cl.N=C(N)c1cnco1. The summed E-state index contributed by atoms with van der Waals surface area (Å²) in [5.74, 6) is 0.215. The van der Waals surface area contributed by atoms with Crippen molar-refractivity contribution in [3.63, 3.8) is 0 Å². The summed E-state index contributed by atoms with van der Waals surface area (Å²) in [6.07, 6.45) is 2.62. The number of aromatic nitrogens is 1. The first-order valence-electron chi connectivity index (χ1n) is 2.03. The van der Waals surface area contributed by atoms with Gasteiger partial charge in [0.05, 0.1) is 6.20 Å². The van der Waals surface area contributed by atoms with Crippen molar-refractivity contribution in [3.05, 3.63) is 18.4 Å². The van der Waals surface area contributed by atoms with Crippen LogP contribution in [-0.4, -0.2) is 10.8 Å². The summed E-state index contributed by atoms with van der Waals surface area (Å²) < 4.78 is 4.63. The summed E-state index contributed by atoms with van der Waals surface area (Å²) >= 11 is 0. The van der Waals surface area contributed by atoms with E-state index < -0.39 is 0 Å². The number of halogens is 1. The molecule has 1 rings (SSSR count). The van der Waals surface area contributed by atoms with Gasteiger partial charge in [-0.05, 0) is 0 Å². The van der Waals surface area contributed by atoms with Gasteiger partial charge in [-0.25, -0.2) is 4.98 Å². The van der Waals surface area contributed by atoms with Gasteiger partial charge < -0.3 is 10.2 Å². The number of amidine groups is 1. The van der Waals surface area contributed by atoms with Gasteiger partial charge in [-0.2, -0.15) is 0 Å². The van der Waals surface area contributed by atoms with Crippen LogP contribution < -0.4 is 5.73 Å². The molecular weight excluding hydrogens is 142 g/mol. The zero-order valence-electron chi connectivity index (χ0n) is 4.50. The first-order valence-corrected chi connectivity index (χ1v) is 2.03. The molecule has 0 saturated carbocycles. The van der Waals surface area contributed by atoms with Gasteiger partial charge in [-0.3, -0.25) is 5.41 Å². The highest BCUT2D eigenvalue weighted by Gasteiger charge is 1.95. The predicted octanol–water partition coefficient (Wildman–Crippen LogP) is 0.380. The molecule has 1 heterocycles. The molecule has 3 N–H and O–H groups in total. The summed E-state index contributed by atoms with van der Waals surface area (Å²) in [6.45, 7) is 0. The van der Waals surface area contributed by atoms with Gasteiger partial charge in [0.15, 0.2) is 18.0 Å². The van der Waals surface area contributed by atoms with Crippen molar-refractivity contribution in [1.82, 2.24) is 4.98 Å². The molecule has 0 bridgehead atoms. The lowest BCUT2D eigenvalue weighted by atomic mass is 10.5. The number of rotatable bonds is 1. The van der Waals surface area contributed by atoms with Crippen molar-refractivity contribution in [2.24, 2.45) is 5.73 Å². The molecule has 9 heavy (non-hydrogen) atoms. The molecule has 0 aliphatic rings. The third-order valence-electron chi connectivity index (χ3n) is 0.698. The van der Waals surface area contributed by atoms with Crippen LogP contribution in [0.3, 0.4) is 0 Å². The highest BCUT2D eigenvalue weighted by atomic mass is 35.5. The highest BCUT2D eigenvalue weighted by molar-refractivity contribution is 5.91. The second-order valence-corrected chi connectivity index (χ2v) is 1.28. The van der Waals surface area contributed by atoms with E-state index in [1.807, 2.05) is 0 Å². The number of nitrogen functional groups attached to an aromatic ring is 1. The third kappa shape index (κ3) is 1.73. The van der Waals surface area contributed by atoms with Gasteiger partial charge in [0.25, 0.3) is 0 Å². The summed E-state index contributed by atoms with van der Waals surface area (Å²) in [4.78, 5) is 3.56. The first-order chi connectivity index (χ1) is 3.80. The quantitative estimate of drug-likeness (QED) is 0.446. The second-order valence-electron chi connectivity index (χ2n) is 1.28. The summed E-state index contributed by atoms with van der Waals surface area (Å²) in [6, 6.07) is 0. The van der Waals surface area contributed by atoms with Gasteiger partial charge in [-0.1, -0.05) is 0 Å². The number of nitrogens with two attached hydrogens (primary N) is 1. The van der Waals surface area contributed by atoms with E-state index in [-0.39, 0.29) is 18.2 Å². The van der Waals surface area contributed by atoms with Crippen LogP contribution in [0.15, 0.2) is 17.0 Å². The maximum absolute atomic E-state index is 6.80. The summed E-state index contributed by atoms with van der Waals surface area (Å²) in [5.41, 5.74) is 5.01. The fourth-order valence-electron chi connectivity index (χ4n) is 0.349. The molecule has 50 valence electrons. The van der Waals surface area contributed by atoms with E-state index in [2.05, 4.69) is 9.40 Å². The molecular formula is C4H6ClN3O. The maximum Gasteiger partial charge on any atom is 0.188 e. The largest absolute Gasteiger partial charge is 0.440 e. The Bertz CT molecular complexity index is 184. The minimum absolute atomic E-state index is 0. The lowest BCUT2D eigenvalue weighted by Crippen LogP contribution is -2.09. The van der Waals surface area contributed by atoms with Crippen molar-refractivity contribution < 1.29 is 4.42 Å². The first kappa shape index (κ1) is 7.97.